The summed E-state index contributed by atoms with van der Waals surface area (Å²) in [6.07, 6.45) is 3.71. The van der Waals surface area contributed by atoms with Gasteiger partial charge in [-0.15, -0.1) is 11.3 Å². The highest BCUT2D eigenvalue weighted by Crippen LogP contribution is 2.26. The average Bonchev–Trinajstić information content (AvgIpc) is 3.27. The van der Waals surface area contributed by atoms with Crippen LogP contribution in [0.5, 0.6) is 0 Å². The van der Waals surface area contributed by atoms with Crippen LogP contribution in [-0.4, -0.2) is 69.2 Å². The SMILES string of the molecule is CCn1c(=O)[nH]c2cc(CN3CCN(c4cnc5c(NC)nccc5c4)CC3)sc2c1=O.O=CO. The molecule has 0 unspecified atom stereocenters. The third-order valence-electron chi connectivity index (χ3n) is 5.96. The van der Waals surface area contributed by atoms with Crippen LogP contribution >= 0.6 is 11.3 Å². The van der Waals surface area contributed by atoms with Crippen LogP contribution in [0.25, 0.3) is 21.1 Å². The van der Waals surface area contributed by atoms with Gasteiger partial charge in [0.25, 0.3) is 12.0 Å². The van der Waals surface area contributed by atoms with E-state index in [2.05, 4.69) is 36.1 Å². The van der Waals surface area contributed by atoms with Gasteiger partial charge in [0.1, 0.15) is 10.2 Å². The highest BCUT2D eigenvalue weighted by atomic mass is 32.1. The first-order chi connectivity index (χ1) is 17.0. The Kier molecular flexibility index (Phi) is 7.42. The average molecular weight is 498 g/mol. The molecule has 0 radical (unpaired) electrons. The maximum atomic E-state index is 12.5. The summed E-state index contributed by atoms with van der Waals surface area (Å²) in [5.41, 5.74) is 2.09. The largest absolute Gasteiger partial charge is 0.483 e. The van der Waals surface area contributed by atoms with Gasteiger partial charge in [0.05, 0.1) is 17.4 Å². The summed E-state index contributed by atoms with van der Waals surface area (Å²) in [7, 11) is 1.85. The van der Waals surface area contributed by atoms with E-state index < -0.39 is 0 Å². The first-order valence-electron chi connectivity index (χ1n) is 11.2. The Labute approximate surface area is 204 Å². The smallest absolute Gasteiger partial charge is 0.328 e. The van der Waals surface area contributed by atoms with Gasteiger partial charge in [0.2, 0.25) is 0 Å². The fourth-order valence-corrected chi connectivity index (χ4v) is 5.35. The number of nitrogens with zero attached hydrogens (tertiary/aromatic N) is 5. The summed E-state index contributed by atoms with van der Waals surface area (Å²) in [6.45, 7) is 6.34. The van der Waals surface area contributed by atoms with Gasteiger partial charge in [-0.3, -0.25) is 24.0 Å². The van der Waals surface area contributed by atoms with Crippen LogP contribution in [0.15, 0.2) is 40.2 Å². The van der Waals surface area contributed by atoms with E-state index in [-0.39, 0.29) is 17.7 Å². The van der Waals surface area contributed by atoms with Crippen molar-refractivity contribution < 1.29 is 9.90 Å². The molecule has 0 aliphatic carbocycles. The van der Waals surface area contributed by atoms with Crippen molar-refractivity contribution in [3.63, 3.8) is 0 Å². The first-order valence-corrected chi connectivity index (χ1v) is 12.0. The lowest BCUT2D eigenvalue weighted by molar-refractivity contribution is -0.122. The molecule has 1 aliphatic rings. The van der Waals surface area contributed by atoms with E-state index in [1.807, 2.05) is 25.4 Å². The van der Waals surface area contributed by atoms with E-state index >= 15 is 0 Å². The number of hydrogen-bond donors (Lipinski definition) is 3. The Balaban J connectivity index is 0.000000917. The predicted octanol–water partition coefficient (Wildman–Crippen LogP) is 1.78. The number of H-pyrrole nitrogens is 1. The number of pyridine rings is 2. The Morgan fingerprint density at radius 3 is 2.63 bits per heavy atom. The maximum absolute atomic E-state index is 12.5. The monoisotopic (exact) mass is 497 g/mol. The number of carbonyl (C=O) groups is 1. The molecule has 3 N–H and O–H groups in total. The van der Waals surface area contributed by atoms with Crippen LogP contribution in [0.3, 0.4) is 0 Å². The molecule has 0 aromatic carbocycles. The molecular formula is C23H27N7O4S. The lowest BCUT2D eigenvalue weighted by Crippen LogP contribution is -2.45. The van der Waals surface area contributed by atoms with Gasteiger partial charge in [0, 0.05) is 62.8 Å². The zero-order valence-corrected chi connectivity index (χ0v) is 20.3. The fourth-order valence-electron chi connectivity index (χ4n) is 4.25. The molecule has 0 spiro atoms. The molecule has 11 nitrogen and oxygen atoms in total. The van der Waals surface area contributed by atoms with E-state index in [4.69, 9.17) is 9.90 Å². The molecule has 1 fully saturated rings. The van der Waals surface area contributed by atoms with Crippen molar-refractivity contribution in [2.24, 2.45) is 0 Å². The minimum absolute atomic E-state index is 0.201. The molecule has 0 saturated carbocycles. The number of carboxylic acid groups (broad SMARTS) is 1. The summed E-state index contributed by atoms with van der Waals surface area (Å²) in [4.78, 5) is 50.6. The molecule has 5 heterocycles. The number of anilines is 2. The van der Waals surface area contributed by atoms with Crippen LogP contribution in [0.1, 0.15) is 11.8 Å². The van der Waals surface area contributed by atoms with Crippen molar-refractivity contribution in [3.05, 3.63) is 56.3 Å². The molecule has 184 valence electrons. The number of aromatic nitrogens is 4. The van der Waals surface area contributed by atoms with Gasteiger partial charge in [-0.2, -0.15) is 0 Å². The predicted molar refractivity (Wildman–Crippen MR) is 138 cm³/mol. The minimum Gasteiger partial charge on any atom is -0.483 e. The molecule has 35 heavy (non-hydrogen) atoms. The second-order valence-electron chi connectivity index (χ2n) is 7.98. The van der Waals surface area contributed by atoms with Crippen molar-refractivity contribution in [1.29, 1.82) is 0 Å². The second-order valence-corrected chi connectivity index (χ2v) is 9.12. The number of nitrogens with one attached hydrogen (secondary N) is 2. The summed E-state index contributed by atoms with van der Waals surface area (Å²) in [6, 6.07) is 6.10. The van der Waals surface area contributed by atoms with E-state index in [9.17, 15) is 9.59 Å². The summed E-state index contributed by atoms with van der Waals surface area (Å²) in [5, 5.41) is 11.0. The van der Waals surface area contributed by atoms with Crippen molar-refractivity contribution in [3.8, 4) is 0 Å². The highest BCUT2D eigenvalue weighted by molar-refractivity contribution is 7.18. The molecule has 1 aliphatic heterocycles. The third kappa shape index (κ3) is 5.03. The molecule has 1 saturated heterocycles. The molecule has 5 rings (SSSR count). The number of piperazine rings is 1. The van der Waals surface area contributed by atoms with Crippen molar-refractivity contribution in [2.45, 2.75) is 20.0 Å². The Hall–Kier alpha value is -3.77. The highest BCUT2D eigenvalue weighted by Gasteiger charge is 2.20. The normalized spacial score (nSPS) is 14.1. The Bertz CT molecular complexity index is 1450. The van der Waals surface area contributed by atoms with E-state index in [0.717, 1.165) is 60.0 Å². The summed E-state index contributed by atoms with van der Waals surface area (Å²) >= 11 is 1.48. The second kappa shape index (κ2) is 10.7. The van der Waals surface area contributed by atoms with Crippen LogP contribution < -0.4 is 21.5 Å². The fraction of sp³-hybridized carbons (Fsp3) is 0.348. The van der Waals surface area contributed by atoms with Gasteiger partial charge >= 0.3 is 5.69 Å². The molecule has 4 aromatic heterocycles. The van der Waals surface area contributed by atoms with Gasteiger partial charge in [0.15, 0.2) is 5.82 Å². The van der Waals surface area contributed by atoms with Gasteiger partial charge in [-0.05, 0) is 25.1 Å². The van der Waals surface area contributed by atoms with Crippen molar-refractivity contribution in [1.82, 2.24) is 24.4 Å². The maximum Gasteiger partial charge on any atom is 0.328 e. The Morgan fingerprint density at radius 1 is 1.20 bits per heavy atom. The first kappa shape index (κ1) is 24.4. The number of hydrogen-bond acceptors (Lipinski definition) is 9. The van der Waals surface area contributed by atoms with Crippen LogP contribution in [0, 0.1) is 0 Å². The quantitative estimate of drug-likeness (QED) is 0.352. The lowest BCUT2D eigenvalue weighted by Gasteiger charge is -2.35. The molecule has 0 atom stereocenters. The van der Waals surface area contributed by atoms with Crippen LogP contribution in [0.4, 0.5) is 11.5 Å². The minimum atomic E-state index is -0.343. The summed E-state index contributed by atoms with van der Waals surface area (Å²) < 4.78 is 1.87. The zero-order chi connectivity index (χ0) is 24.9. The number of fused-ring (bicyclic) bond motifs is 2. The molecule has 0 amide bonds. The van der Waals surface area contributed by atoms with E-state index in [1.54, 1.807) is 13.1 Å². The molecule has 4 aromatic rings. The van der Waals surface area contributed by atoms with E-state index in [0.29, 0.717) is 16.8 Å². The number of aromatic amines is 1. The molecular weight excluding hydrogens is 470 g/mol. The van der Waals surface area contributed by atoms with Gasteiger partial charge in [-0.25, -0.2) is 9.78 Å². The van der Waals surface area contributed by atoms with E-state index in [1.165, 1.54) is 15.9 Å². The molecule has 0 bridgehead atoms. The number of rotatable bonds is 5. The standard InChI is InChI=1S/C22H25N7O2S.CH2O2/c1-3-29-21(30)19-17(26-22(29)31)11-16(32-19)13-27-6-8-28(9-7-27)15-10-14-4-5-24-20(23-2)18(14)25-12-15;2-1-3/h4-5,10-12H,3,6-9,13H2,1-2H3,(H,23,24)(H,26,31);1H,(H,2,3). The van der Waals surface area contributed by atoms with Crippen molar-refractivity contribution in [2.75, 3.05) is 43.4 Å². The Morgan fingerprint density at radius 2 is 1.94 bits per heavy atom. The topological polar surface area (TPSA) is 136 Å². The lowest BCUT2D eigenvalue weighted by atomic mass is 10.2. The van der Waals surface area contributed by atoms with Gasteiger partial charge in [-0.1, -0.05) is 0 Å². The zero-order valence-electron chi connectivity index (χ0n) is 19.5. The third-order valence-corrected chi connectivity index (χ3v) is 7.07. The summed E-state index contributed by atoms with van der Waals surface area (Å²) in [5.74, 6) is 0.786. The van der Waals surface area contributed by atoms with Gasteiger partial charge < -0.3 is 20.3 Å². The van der Waals surface area contributed by atoms with Crippen LogP contribution in [0.2, 0.25) is 0 Å². The van der Waals surface area contributed by atoms with Crippen LogP contribution in [-0.2, 0) is 17.9 Å². The van der Waals surface area contributed by atoms with Crippen molar-refractivity contribution >= 4 is 50.4 Å². The molecule has 12 heteroatoms. The number of thiophene rings is 1.